The minimum atomic E-state index is -1.02. The first-order valence-corrected chi connectivity index (χ1v) is 6.21. The summed E-state index contributed by atoms with van der Waals surface area (Å²) in [4.78, 5) is 11.2. The molecule has 3 rings (SSSR count). The summed E-state index contributed by atoms with van der Waals surface area (Å²) in [6.45, 7) is 0.191. The molecule has 0 unspecified atom stereocenters. The lowest BCUT2D eigenvalue weighted by Gasteiger charge is -2.10. The van der Waals surface area contributed by atoms with Crippen molar-refractivity contribution >= 4 is 28.9 Å². The number of fused-ring (bicyclic) bond motifs is 1. The van der Waals surface area contributed by atoms with Crippen LogP contribution in [0.15, 0.2) is 36.4 Å². The van der Waals surface area contributed by atoms with Crippen LogP contribution in [0.4, 0.5) is 11.4 Å². The van der Waals surface area contributed by atoms with Crippen molar-refractivity contribution in [2.75, 3.05) is 12.1 Å². The Balaban J connectivity index is 1.95. The largest absolute Gasteiger partial charge is 0.478 e. The number of nitrogens with one attached hydrogen (secondary N) is 1. The van der Waals surface area contributed by atoms with Crippen molar-refractivity contribution in [3.63, 3.8) is 0 Å². The predicted molar refractivity (Wildman–Crippen MR) is 74.3 cm³/mol. The highest BCUT2D eigenvalue weighted by molar-refractivity contribution is 6.31. The maximum Gasteiger partial charge on any atom is 0.337 e. The standard InChI is InChI=1S/C14H10ClNO4/c15-8-1-3-10(14(17)18)11(5-8)16-9-2-4-12-13(6-9)20-7-19-12/h1-6,16H,7H2,(H,17,18). The van der Waals surface area contributed by atoms with Crippen LogP contribution in [0.1, 0.15) is 10.4 Å². The molecule has 1 aliphatic rings. The molecule has 0 radical (unpaired) electrons. The van der Waals surface area contributed by atoms with Gasteiger partial charge in [-0.2, -0.15) is 0 Å². The lowest BCUT2D eigenvalue weighted by molar-refractivity contribution is 0.0698. The van der Waals surface area contributed by atoms with Crippen molar-refractivity contribution in [3.8, 4) is 11.5 Å². The first kappa shape index (κ1) is 12.6. The Kier molecular flexibility index (Phi) is 3.12. The van der Waals surface area contributed by atoms with Crippen molar-refractivity contribution in [1.82, 2.24) is 0 Å². The van der Waals surface area contributed by atoms with Crippen molar-refractivity contribution in [1.29, 1.82) is 0 Å². The molecule has 0 fully saturated rings. The second kappa shape index (κ2) is 4.94. The summed E-state index contributed by atoms with van der Waals surface area (Å²) < 4.78 is 10.5. The molecule has 0 aromatic heterocycles. The third-order valence-electron chi connectivity index (χ3n) is 2.86. The van der Waals surface area contributed by atoms with Crippen molar-refractivity contribution in [2.45, 2.75) is 0 Å². The Morgan fingerprint density at radius 3 is 2.75 bits per heavy atom. The van der Waals surface area contributed by atoms with Crippen LogP contribution in [0.25, 0.3) is 0 Å². The molecule has 0 amide bonds. The maximum absolute atomic E-state index is 11.2. The smallest absolute Gasteiger partial charge is 0.337 e. The number of hydrogen-bond donors (Lipinski definition) is 2. The number of halogens is 1. The molecular formula is C14H10ClNO4. The topological polar surface area (TPSA) is 67.8 Å². The van der Waals surface area contributed by atoms with E-state index in [9.17, 15) is 4.79 Å². The number of anilines is 2. The number of carboxylic acid groups (broad SMARTS) is 1. The first-order valence-electron chi connectivity index (χ1n) is 5.83. The lowest BCUT2D eigenvalue weighted by Crippen LogP contribution is -2.02. The molecule has 0 spiro atoms. The minimum Gasteiger partial charge on any atom is -0.478 e. The number of ether oxygens (including phenoxy) is 2. The summed E-state index contributed by atoms with van der Waals surface area (Å²) in [6, 6.07) is 9.84. The van der Waals surface area contributed by atoms with Gasteiger partial charge in [0.15, 0.2) is 11.5 Å². The van der Waals surface area contributed by atoms with Crippen LogP contribution < -0.4 is 14.8 Å². The van der Waals surface area contributed by atoms with Crippen molar-refractivity contribution in [3.05, 3.63) is 47.0 Å². The average Bonchev–Trinajstić information content (AvgIpc) is 2.85. The van der Waals surface area contributed by atoms with Crippen LogP contribution in [-0.4, -0.2) is 17.9 Å². The van der Waals surface area contributed by atoms with Gasteiger partial charge in [0.25, 0.3) is 0 Å². The van der Waals surface area contributed by atoms with Gasteiger partial charge in [0.05, 0.1) is 11.3 Å². The number of carboxylic acids is 1. The van der Waals surface area contributed by atoms with E-state index in [0.717, 1.165) is 0 Å². The van der Waals surface area contributed by atoms with Gasteiger partial charge in [-0.25, -0.2) is 4.79 Å². The number of hydrogen-bond acceptors (Lipinski definition) is 4. The average molecular weight is 292 g/mol. The fourth-order valence-corrected chi connectivity index (χ4v) is 2.11. The Labute approximate surface area is 119 Å². The minimum absolute atomic E-state index is 0.145. The van der Waals surface area contributed by atoms with Gasteiger partial charge < -0.3 is 19.9 Å². The molecule has 0 aliphatic carbocycles. The van der Waals surface area contributed by atoms with Crippen LogP contribution in [0.2, 0.25) is 5.02 Å². The van der Waals surface area contributed by atoms with E-state index in [1.54, 1.807) is 24.3 Å². The highest BCUT2D eigenvalue weighted by atomic mass is 35.5. The predicted octanol–water partition coefficient (Wildman–Crippen LogP) is 3.51. The Bertz CT molecular complexity index is 687. The van der Waals surface area contributed by atoms with Crippen LogP contribution in [0.5, 0.6) is 11.5 Å². The number of benzene rings is 2. The quantitative estimate of drug-likeness (QED) is 0.906. The monoisotopic (exact) mass is 291 g/mol. The highest BCUT2D eigenvalue weighted by Crippen LogP contribution is 2.35. The number of rotatable bonds is 3. The molecule has 0 saturated heterocycles. The summed E-state index contributed by atoms with van der Waals surface area (Å²) in [5.74, 6) is 0.263. The number of carbonyl (C=O) groups is 1. The SMILES string of the molecule is O=C(O)c1ccc(Cl)cc1Nc1ccc2c(c1)OCO2. The van der Waals surface area contributed by atoms with Crippen molar-refractivity contribution < 1.29 is 19.4 Å². The van der Waals surface area contributed by atoms with Crippen LogP contribution in [0.3, 0.4) is 0 Å². The molecule has 20 heavy (non-hydrogen) atoms. The van der Waals surface area contributed by atoms with Crippen LogP contribution in [0, 0.1) is 0 Å². The Morgan fingerprint density at radius 2 is 1.95 bits per heavy atom. The molecule has 0 saturated carbocycles. The molecule has 5 nitrogen and oxygen atoms in total. The molecule has 2 N–H and O–H groups in total. The van der Waals surface area contributed by atoms with Gasteiger partial charge >= 0.3 is 5.97 Å². The van der Waals surface area contributed by atoms with Crippen LogP contribution >= 0.6 is 11.6 Å². The zero-order valence-electron chi connectivity index (χ0n) is 10.2. The van der Waals surface area contributed by atoms with E-state index in [2.05, 4.69) is 5.32 Å². The second-order valence-corrected chi connectivity index (χ2v) is 4.62. The van der Waals surface area contributed by atoms with Crippen LogP contribution in [-0.2, 0) is 0 Å². The van der Waals surface area contributed by atoms with E-state index in [4.69, 9.17) is 26.2 Å². The molecule has 102 valence electrons. The van der Waals surface area contributed by atoms with Gasteiger partial charge in [-0.05, 0) is 30.3 Å². The lowest BCUT2D eigenvalue weighted by atomic mass is 10.1. The fraction of sp³-hybridized carbons (Fsp3) is 0.0714. The maximum atomic E-state index is 11.2. The molecule has 2 aromatic carbocycles. The third-order valence-corrected chi connectivity index (χ3v) is 3.10. The summed E-state index contributed by atoms with van der Waals surface area (Å²) in [6.07, 6.45) is 0. The first-order chi connectivity index (χ1) is 9.63. The summed E-state index contributed by atoms with van der Waals surface area (Å²) >= 11 is 5.90. The van der Waals surface area contributed by atoms with E-state index in [1.807, 2.05) is 0 Å². The summed E-state index contributed by atoms with van der Waals surface area (Å²) in [5, 5.41) is 12.6. The molecular weight excluding hydrogens is 282 g/mol. The fourth-order valence-electron chi connectivity index (χ4n) is 1.94. The van der Waals surface area contributed by atoms with Gasteiger partial charge in [0, 0.05) is 16.8 Å². The summed E-state index contributed by atoms with van der Waals surface area (Å²) in [7, 11) is 0. The van der Waals surface area contributed by atoms with E-state index < -0.39 is 5.97 Å². The summed E-state index contributed by atoms with van der Waals surface area (Å²) in [5.41, 5.74) is 1.26. The van der Waals surface area contributed by atoms with Gasteiger partial charge in [-0.1, -0.05) is 11.6 Å². The van der Waals surface area contributed by atoms with Crippen molar-refractivity contribution in [2.24, 2.45) is 0 Å². The molecule has 2 aromatic rings. The molecule has 0 atom stereocenters. The van der Waals surface area contributed by atoms with E-state index in [0.29, 0.717) is 27.9 Å². The van der Waals surface area contributed by atoms with Gasteiger partial charge in [-0.15, -0.1) is 0 Å². The third kappa shape index (κ3) is 2.35. The Morgan fingerprint density at radius 1 is 1.15 bits per heavy atom. The zero-order valence-corrected chi connectivity index (χ0v) is 11.0. The molecule has 6 heteroatoms. The second-order valence-electron chi connectivity index (χ2n) is 4.19. The molecule has 0 bridgehead atoms. The van der Waals surface area contributed by atoms with E-state index >= 15 is 0 Å². The Hall–Kier alpha value is -2.40. The van der Waals surface area contributed by atoms with E-state index in [1.165, 1.54) is 12.1 Å². The number of aromatic carboxylic acids is 1. The zero-order chi connectivity index (χ0) is 14.1. The van der Waals surface area contributed by atoms with Gasteiger partial charge in [0.2, 0.25) is 6.79 Å². The highest BCUT2D eigenvalue weighted by Gasteiger charge is 2.15. The van der Waals surface area contributed by atoms with E-state index in [-0.39, 0.29) is 12.4 Å². The molecule has 1 heterocycles. The molecule has 1 aliphatic heterocycles. The normalized spacial score (nSPS) is 12.2. The van der Waals surface area contributed by atoms with Gasteiger partial charge in [0.1, 0.15) is 0 Å². The van der Waals surface area contributed by atoms with Gasteiger partial charge in [-0.3, -0.25) is 0 Å².